The Morgan fingerprint density at radius 3 is 2.53 bits per heavy atom. The van der Waals surface area contributed by atoms with Gasteiger partial charge in [0.15, 0.2) is 0 Å². The van der Waals surface area contributed by atoms with Gasteiger partial charge in [0.05, 0.1) is 30.4 Å². The van der Waals surface area contributed by atoms with Crippen LogP contribution in [-0.4, -0.2) is 42.7 Å². The highest BCUT2D eigenvalue weighted by atomic mass is 16.5. The molecule has 1 saturated heterocycles. The van der Waals surface area contributed by atoms with Crippen LogP contribution in [0.3, 0.4) is 0 Å². The standard InChI is InChI=1S/C23H28N4O3/c1-30-22-12-20(25)18(11-19(22)23(26)29)10-15-6-8-27(9-7-15)14-21(28)17-4-2-16(13-24)3-5-17/h2-5,11-12,15,21,28H,6-10,14,25H2,1H3,(H2,26,29). The SMILES string of the molecule is COc1cc(N)c(CC2CCN(CC(O)c3ccc(C#N)cc3)CC2)cc1C(N)=O. The Labute approximate surface area is 176 Å². The molecule has 1 heterocycles. The number of amides is 1. The molecule has 2 aromatic carbocycles. The number of carbonyl (C=O) groups excluding carboxylic acids is 1. The quantitative estimate of drug-likeness (QED) is 0.603. The summed E-state index contributed by atoms with van der Waals surface area (Å²) in [6, 6.07) is 12.6. The second-order valence-electron chi connectivity index (χ2n) is 7.81. The van der Waals surface area contributed by atoms with E-state index in [1.165, 1.54) is 7.11 Å². The molecule has 0 saturated carbocycles. The Kier molecular flexibility index (Phi) is 6.93. The molecule has 1 amide bonds. The summed E-state index contributed by atoms with van der Waals surface area (Å²) in [7, 11) is 1.49. The van der Waals surface area contributed by atoms with Crippen molar-refractivity contribution in [3.63, 3.8) is 0 Å². The van der Waals surface area contributed by atoms with E-state index in [-0.39, 0.29) is 0 Å². The van der Waals surface area contributed by atoms with Crippen LogP contribution in [-0.2, 0) is 6.42 Å². The topological polar surface area (TPSA) is 126 Å². The number of rotatable bonds is 7. The van der Waals surface area contributed by atoms with Crippen molar-refractivity contribution in [1.82, 2.24) is 4.90 Å². The van der Waals surface area contributed by atoms with E-state index in [2.05, 4.69) is 11.0 Å². The lowest BCUT2D eigenvalue weighted by Gasteiger charge is -2.33. The Balaban J connectivity index is 1.56. The molecular weight excluding hydrogens is 380 g/mol. The lowest BCUT2D eigenvalue weighted by Crippen LogP contribution is -2.37. The zero-order valence-electron chi connectivity index (χ0n) is 17.2. The third-order valence-electron chi connectivity index (χ3n) is 5.80. The first-order valence-corrected chi connectivity index (χ1v) is 10.1. The molecule has 2 aromatic rings. The zero-order chi connectivity index (χ0) is 21.7. The Morgan fingerprint density at radius 2 is 1.97 bits per heavy atom. The van der Waals surface area contributed by atoms with E-state index < -0.39 is 12.0 Å². The van der Waals surface area contributed by atoms with Gasteiger partial charge in [-0.2, -0.15) is 5.26 Å². The van der Waals surface area contributed by atoms with Crippen molar-refractivity contribution in [3.8, 4) is 11.8 Å². The van der Waals surface area contributed by atoms with Crippen LogP contribution in [0.15, 0.2) is 36.4 Å². The van der Waals surface area contributed by atoms with Crippen molar-refractivity contribution >= 4 is 11.6 Å². The number of hydrogen-bond acceptors (Lipinski definition) is 6. The number of β-amino-alcohol motifs (C(OH)–C–C–N with tert-alkyl or cyclic N) is 1. The second kappa shape index (κ2) is 9.61. The van der Waals surface area contributed by atoms with Crippen LogP contribution in [0.25, 0.3) is 0 Å². The number of carbonyl (C=O) groups is 1. The number of nitrogens with two attached hydrogens (primary N) is 2. The van der Waals surface area contributed by atoms with Gasteiger partial charge in [-0.05, 0) is 67.6 Å². The minimum atomic E-state index is -0.579. The molecule has 1 atom stereocenters. The normalized spacial score (nSPS) is 16.0. The van der Waals surface area contributed by atoms with Gasteiger partial charge >= 0.3 is 0 Å². The summed E-state index contributed by atoms with van der Waals surface area (Å²) in [4.78, 5) is 13.9. The van der Waals surface area contributed by atoms with E-state index >= 15 is 0 Å². The Bertz CT molecular complexity index is 929. The molecule has 0 bridgehead atoms. The van der Waals surface area contributed by atoms with Crippen molar-refractivity contribution in [2.45, 2.75) is 25.4 Å². The number of nitrogens with zero attached hydrogens (tertiary/aromatic N) is 2. The number of anilines is 1. The first-order valence-electron chi connectivity index (χ1n) is 10.1. The van der Waals surface area contributed by atoms with Crippen LogP contribution >= 0.6 is 0 Å². The number of ether oxygens (including phenoxy) is 1. The highest BCUT2D eigenvalue weighted by Crippen LogP contribution is 2.30. The molecule has 1 aliphatic rings. The number of aliphatic hydroxyl groups excluding tert-OH is 1. The third-order valence-corrected chi connectivity index (χ3v) is 5.80. The van der Waals surface area contributed by atoms with Gasteiger partial charge in [0.25, 0.3) is 5.91 Å². The third kappa shape index (κ3) is 5.09. The average Bonchev–Trinajstić information content (AvgIpc) is 2.76. The number of hydrogen-bond donors (Lipinski definition) is 3. The van der Waals surface area contributed by atoms with Crippen molar-refractivity contribution < 1.29 is 14.6 Å². The summed E-state index contributed by atoms with van der Waals surface area (Å²) < 4.78 is 5.21. The van der Waals surface area contributed by atoms with Crippen LogP contribution in [0.5, 0.6) is 5.75 Å². The first kappa shape index (κ1) is 21.6. The molecule has 7 heteroatoms. The number of methoxy groups -OCH3 is 1. The van der Waals surface area contributed by atoms with Gasteiger partial charge in [0.1, 0.15) is 5.75 Å². The maximum absolute atomic E-state index is 11.7. The molecule has 0 aromatic heterocycles. The maximum atomic E-state index is 11.7. The molecular formula is C23H28N4O3. The molecule has 1 unspecified atom stereocenters. The molecule has 0 aliphatic carbocycles. The average molecular weight is 409 g/mol. The fourth-order valence-corrected chi connectivity index (χ4v) is 3.99. The largest absolute Gasteiger partial charge is 0.496 e. The zero-order valence-corrected chi connectivity index (χ0v) is 17.2. The molecule has 5 N–H and O–H groups in total. The molecule has 1 aliphatic heterocycles. The van der Waals surface area contributed by atoms with E-state index in [0.29, 0.717) is 35.0 Å². The number of nitriles is 1. The highest BCUT2D eigenvalue weighted by Gasteiger charge is 2.23. The van der Waals surface area contributed by atoms with Gasteiger partial charge < -0.3 is 26.2 Å². The minimum Gasteiger partial charge on any atom is -0.496 e. The summed E-state index contributed by atoms with van der Waals surface area (Å²) in [6.45, 7) is 2.34. The fraction of sp³-hybridized carbons (Fsp3) is 0.391. The van der Waals surface area contributed by atoms with Crippen molar-refractivity contribution in [3.05, 3.63) is 58.7 Å². The monoisotopic (exact) mass is 408 g/mol. The van der Waals surface area contributed by atoms with Crippen LogP contribution in [0.4, 0.5) is 5.69 Å². The van der Waals surface area contributed by atoms with Crippen LogP contribution < -0.4 is 16.2 Å². The molecule has 158 valence electrons. The van der Waals surface area contributed by atoms with Crippen molar-refractivity contribution in [2.24, 2.45) is 11.7 Å². The molecule has 0 radical (unpaired) electrons. The van der Waals surface area contributed by atoms with Gasteiger partial charge in [-0.1, -0.05) is 12.1 Å². The fourth-order valence-electron chi connectivity index (χ4n) is 3.99. The summed E-state index contributed by atoms with van der Waals surface area (Å²) >= 11 is 0. The van der Waals surface area contributed by atoms with Crippen LogP contribution in [0.1, 0.15) is 46.0 Å². The summed E-state index contributed by atoms with van der Waals surface area (Å²) in [6.07, 6.45) is 2.17. The number of nitrogen functional groups attached to an aromatic ring is 1. The number of primary amides is 1. The highest BCUT2D eigenvalue weighted by molar-refractivity contribution is 5.96. The lowest BCUT2D eigenvalue weighted by atomic mass is 9.88. The van der Waals surface area contributed by atoms with Gasteiger partial charge in [-0.15, -0.1) is 0 Å². The maximum Gasteiger partial charge on any atom is 0.252 e. The predicted molar refractivity (Wildman–Crippen MR) is 115 cm³/mol. The number of likely N-dealkylation sites (tertiary alicyclic amines) is 1. The van der Waals surface area contributed by atoms with E-state index in [4.69, 9.17) is 21.5 Å². The van der Waals surface area contributed by atoms with E-state index in [1.54, 1.807) is 36.4 Å². The summed E-state index contributed by atoms with van der Waals surface area (Å²) in [5.74, 6) is 0.319. The van der Waals surface area contributed by atoms with Crippen molar-refractivity contribution in [2.75, 3.05) is 32.5 Å². The number of aliphatic hydroxyl groups is 1. The van der Waals surface area contributed by atoms with Gasteiger partial charge in [-0.25, -0.2) is 0 Å². The van der Waals surface area contributed by atoms with Gasteiger partial charge in [-0.3, -0.25) is 4.79 Å². The van der Waals surface area contributed by atoms with Crippen molar-refractivity contribution in [1.29, 1.82) is 5.26 Å². The lowest BCUT2D eigenvalue weighted by molar-refractivity contribution is 0.0893. The second-order valence-corrected chi connectivity index (χ2v) is 7.81. The van der Waals surface area contributed by atoms with E-state index in [0.717, 1.165) is 43.5 Å². The molecule has 0 spiro atoms. The summed E-state index contributed by atoms with van der Waals surface area (Å²) in [5, 5.41) is 19.4. The van der Waals surface area contributed by atoms with E-state index in [1.807, 2.05) is 0 Å². The molecule has 30 heavy (non-hydrogen) atoms. The molecule has 3 rings (SSSR count). The number of piperidine rings is 1. The summed E-state index contributed by atoms with van der Waals surface area (Å²) in [5.41, 5.74) is 14.9. The molecule has 1 fully saturated rings. The Hall–Kier alpha value is -3.08. The first-order chi connectivity index (χ1) is 14.4. The van der Waals surface area contributed by atoms with Crippen LogP contribution in [0.2, 0.25) is 0 Å². The number of benzene rings is 2. The van der Waals surface area contributed by atoms with Gasteiger partial charge in [0, 0.05) is 18.3 Å². The van der Waals surface area contributed by atoms with Gasteiger partial charge in [0.2, 0.25) is 0 Å². The predicted octanol–water partition coefficient (Wildman–Crippen LogP) is 2.24. The van der Waals surface area contributed by atoms with Crippen LogP contribution in [0, 0.1) is 17.2 Å². The minimum absolute atomic E-state index is 0.352. The Morgan fingerprint density at radius 1 is 1.30 bits per heavy atom. The molecule has 7 nitrogen and oxygen atoms in total. The smallest absolute Gasteiger partial charge is 0.252 e. The van der Waals surface area contributed by atoms with E-state index in [9.17, 15) is 9.90 Å².